The summed E-state index contributed by atoms with van der Waals surface area (Å²) in [5.74, 6) is 0. The Morgan fingerprint density at radius 2 is 0.613 bits per heavy atom. The molecule has 0 heterocycles. The van der Waals surface area contributed by atoms with Crippen LogP contribution in [-0.4, -0.2) is 0 Å². The highest BCUT2D eigenvalue weighted by Crippen LogP contribution is 2.65. The van der Waals surface area contributed by atoms with Crippen molar-refractivity contribution in [3.63, 3.8) is 0 Å². The molecule has 4 aliphatic rings. The number of rotatable bonds is 3. The van der Waals surface area contributed by atoms with E-state index >= 15 is 4.57 Å². The average molecular weight is 805 g/mol. The van der Waals surface area contributed by atoms with Crippen molar-refractivity contribution in [3.8, 4) is 56.6 Å². The SMILES string of the molecule is N#Cc1ccc2c(c1)C1(c3ccccc3-c3ccccc31)c1cc(P(=O)(c3ccccc3)c3ccc4c(c3)C3(c5ccccc5-c5ccccc53)c3cc(C#N)ccc3-4)ccc1-2. The molecule has 4 heteroatoms. The number of fused-ring (bicyclic) bond motifs is 20. The van der Waals surface area contributed by atoms with Crippen LogP contribution in [0.1, 0.15) is 55.6 Å². The lowest BCUT2D eigenvalue weighted by Gasteiger charge is -2.32. The lowest BCUT2D eigenvalue weighted by Crippen LogP contribution is -2.31. The summed E-state index contributed by atoms with van der Waals surface area (Å²) in [7, 11) is -3.62. The van der Waals surface area contributed by atoms with Crippen molar-refractivity contribution < 1.29 is 4.57 Å². The van der Waals surface area contributed by atoms with Gasteiger partial charge in [0.25, 0.3) is 0 Å². The number of benzene rings is 9. The van der Waals surface area contributed by atoms with Crippen LogP contribution in [0.25, 0.3) is 44.5 Å². The summed E-state index contributed by atoms with van der Waals surface area (Å²) in [6, 6.07) is 74.4. The molecule has 0 fully saturated rings. The Balaban J connectivity index is 1.11. The fraction of sp³-hybridized carbons (Fsp3) is 0.0345. The molecule has 0 saturated carbocycles. The van der Waals surface area contributed by atoms with Gasteiger partial charge in [0.1, 0.15) is 0 Å². The van der Waals surface area contributed by atoms with Crippen LogP contribution in [-0.2, 0) is 15.4 Å². The zero-order valence-electron chi connectivity index (χ0n) is 33.3. The van der Waals surface area contributed by atoms with E-state index in [-0.39, 0.29) is 0 Å². The summed E-state index contributed by atoms with van der Waals surface area (Å²) in [5.41, 5.74) is 17.7. The fourth-order valence-corrected chi connectivity index (χ4v) is 14.5. The van der Waals surface area contributed by atoms with E-state index in [9.17, 15) is 10.5 Å². The Labute approximate surface area is 359 Å². The lowest BCUT2D eigenvalue weighted by atomic mass is 9.70. The second kappa shape index (κ2) is 12.4. The molecule has 9 aromatic rings. The molecule has 0 aromatic heterocycles. The molecule has 0 saturated heterocycles. The van der Waals surface area contributed by atoms with E-state index in [1.165, 1.54) is 22.3 Å². The first-order valence-corrected chi connectivity index (χ1v) is 22.7. The topological polar surface area (TPSA) is 64.7 Å². The molecular weight excluding hydrogens is 772 g/mol. The summed E-state index contributed by atoms with van der Waals surface area (Å²) in [4.78, 5) is 0. The van der Waals surface area contributed by atoms with Crippen LogP contribution in [0.3, 0.4) is 0 Å². The summed E-state index contributed by atoms with van der Waals surface area (Å²) < 4.78 is 17.1. The Morgan fingerprint density at radius 3 is 0.984 bits per heavy atom. The van der Waals surface area contributed by atoms with Crippen molar-refractivity contribution >= 4 is 23.1 Å². The van der Waals surface area contributed by atoms with E-state index in [4.69, 9.17) is 0 Å². The van der Waals surface area contributed by atoms with Crippen LogP contribution >= 0.6 is 7.14 Å². The molecule has 0 N–H and O–H groups in total. The minimum absolute atomic E-state index is 0.609. The van der Waals surface area contributed by atoms with E-state index in [1.54, 1.807) is 0 Å². The van der Waals surface area contributed by atoms with Crippen LogP contribution in [0, 0.1) is 22.7 Å². The molecular formula is C58H33N2OP. The van der Waals surface area contributed by atoms with E-state index in [0.717, 1.165) is 82.7 Å². The lowest BCUT2D eigenvalue weighted by molar-refractivity contribution is 0.592. The minimum atomic E-state index is -3.62. The molecule has 62 heavy (non-hydrogen) atoms. The van der Waals surface area contributed by atoms with Gasteiger partial charge in [0.05, 0.1) is 34.1 Å². The first-order chi connectivity index (χ1) is 30.5. The predicted molar refractivity (Wildman–Crippen MR) is 248 cm³/mol. The normalized spacial score (nSPS) is 14.4. The maximum atomic E-state index is 17.1. The molecule has 3 nitrogen and oxygen atoms in total. The van der Waals surface area contributed by atoms with Gasteiger partial charge in [0.2, 0.25) is 0 Å². The van der Waals surface area contributed by atoms with E-state index in [2.05, 4.69) is 170 Å². The van der Waals surface area contributed by atoms with Gasteiger partial charge in [0.15, 0.2) is 7.14 Å². The van der Waals surface area contributed by atoms with E-state index in [1.807, 2.05) is 42.5 Å². The monoisotopic (exact) mass is 804 g/mol. The van der Waals surface area contributed by atoms with Gasteiger partial charge in [-0.05, 0) is 125 Å². The molecule has 9 aromatic carbocycles. The molecule has 2 spiro atoms. The maximum absolute atomic E-state index is 17.1. The van der Waals surface area contributed by atoms with Crippen LogP contribution in [0.4, 0.5) is 0 Å². The molecule has 0 unspecified atom stereocenters. The van der Waals surface area contributed by atoms with Crippen molar-refractivity contribution in [2.75, 3.05) is 0 Å². The highest BCUT2D eigenvalue weighted by atomic mass is 31.2. The minimum Gasteiger partial charge on any atom is -0.309 e. The van der Waals surface area contributed by atoms with Gasteiger partial charge in [0, 0.05) is 15.9 Å². The summed E-state index contributed by atoms with van der Waals surface area (Å²) in [5, 5.41) is 22.7. The Bertz CT molecular complexity index is 3300. The van der Waals surface area contributed by atoms with Gasteiger partial charge in [-0.3, -0.25) is 0 Å². The van der Waals surface area contributed by atoms with Crippen molar-refractivity contribution in [1.82, 2.24) is 0 Å². The van der Waals surface area contributed by atoms with Crippen molar-refractivity contribution in [2.45, 2.75) is 10.8 Å². The summed E-state index contributed by atoms with van der Waals surface area (Å²) in [6.07, 6.45) is 0. The molecule has 0 amide bonds. The van der Waals surface area contributed by atoms with Crippen molar-refractivity contribution in [3.05, 3.63) is 256 Å². The largest absolute Gasteiger partial charge is 0.309 e. The molecule has 286 valence electrons. The Kier molecular flexibility index (Phi) is 6.99. The van der Waals surface area contributed by atoms with Gasteiger partial charge in [-0.2, -0.15) is 10.5 Å². The highest BCUT2D eigenvalue weighted by Gasteiger charge is 2.54. The second-order valence-electron chi connectivity index (χ2n) is 16.8. The second-order valence-corrected chi connectivity index (χ2v) is 19.6. The smallest absolute Gasteiger partial charge is 0.171 e. The van der Waals surface area contributed by atoms with Gasteiger partial charge < -0.3 is 4.57 Å². The van der Waals surface area contributed by atoms with Gasteiger partial charge in [-0.15, -0.1) is 0 Å². The van der Waals surface area contributed by atoms with E-state index < -0.39 is 18.0 Å². The van der Waals surface area contributed by atoms with Crippen LogP contribution in [0.2, 0.25) is 0 Å². The predicted octanol–water partition coefficient (Wildman–Crippen LogP) is 11.8. The average Bonchev–Trinajstić information content (AvgIpc) is 4.02. The van der Waals surface area contributed by atoms with Gasteiger partial charge in [-0.1, -0.05) is 164 Å². The first kappa shape index (κ1) is 35.0. The first-order valence-electron chi connectivity index (χ1n) is 21.0. The number of nitriles is 2. The zero-order valence-corrected chi connectivity index (χ0v) is 34.2. The van der Waals surface area contributed by atoms with Crippen LogP contribution in [0.15, 0.2) is 200 Å². The standard InChI is InChI=1S/C58H33N2OP/c59-34-36-22-26-45-47-28-24-39(32-55(47)57(53(45)30-36)49-18-8-4-14-41(49)42-15-5-9-19-50(42)57)62(61,38-12-2-1-3-13-38)40-25-29-48-46-27-23-37(35-60)31-54(46)58(56(48)33-40)51-20-10-6-16-43(51)44-17-7-11-21-52(44)58/h1-33H. The quantitative estimate of drug-likeness (QED) is 0.167. The third-order valence-electron chi connectivity index (χ3n) is 14.3. The number of nitrogens with zero attached hydrogens (tertiary/aromatic N) is 2. The highest BCUT2D eigenvalue weighted by molar-refractivity contribution is 7.85. The maximum Gasteiger partial charge on any atom is 0.171 e. The Hall–Kier alpha value is -7.81. The molecule has 4 aliphatic carbocycles. The third-order valence-corrected chi connectivity index (χ3v) is 17.3. The number of hydrogen-bond acceptors (Lipinski definition) is 3. The Morgan fingerprint density at radius 1 is 0.306 bits per heavy atom. The van der Waals surface area contributed by atoms with Gasteiger partial charge >= 0.3 is 0 Å². The van der Waals surface area contributed by atoms with E-state index in [0.29, 0.717) is 11.1 Å². The van der Waals surface area contributed by atoms with Crippen molar-refractivity contribution in [1.29, 1.82) is 10.5 Å². The third kappa shape index (κ3) is 4.12. The van der Waals surface area contributed by atoms with Crippen LogP contribution < -0.4 is 15.9 Å². The van der Waals surface area contributed by atoms with Crippen molar-refractivity contribution in [2.24, 2.45) is 0 Å². The summed E-state index contributed by atoms with van der Waals surface area (Å²) >= 11 is 0. The number of hydrogen-bond donors (Lipinski definition) is 0. The van der Waals surface area contributed by atoms with Crippen LogP contribution in [0.5, 0.6) is 0 Å². The zero-order chi connectivity index (χ0) is 41.4. The van der Waals surface area contributed by atoms with Gasteiger partial charge in [-0.25, -0.2) is 0 Å². The molecule has 0 bridgehead atoms. The molecule has 0 radical (unpaired) electrons. The molecule has 0 aliphatic heterocycles. The fourth-order valence-electron chi connectivity index (χ4n) is 11.9. The molecule has 0 atom stereocenters. The summed E-state index contributed by atoms with van der Waals surface area (Å²) in [6.45, 7) is 0. The molecule has 13 rings (SSSR count).